The van der Waals surface area contributed by atoms with Gasteiger partial charge in [0, 0.05) is 27.1 Å². The molecular formula is C16H11BrFNO2. The molecule has 5 heteroatoms. The Balaban J connectivity index is 2.06. The van der Waals surface area contributed by atoms with Crippen LogP contribution in [0.15, 0.2) is 53.1 Å². The largest absolute Gasteiger partial charge is 0.478 e. The molecule has 21 heavy (non-hydrogen) atoms. The molecule has 1 heterocycles. The van der Waals surface area contributed by atoms with Gasteiger partial charge in [0.1, 0.15) is 5.82 Å². The van der Waals surface area contributed by atoms with Crippen molar-refractivity contribution < 1.29 is 14.3 Å². The molecule has 3 aromatic rings. The lowest BCUT2D eigenvalue weighted by Gasteiger charge is -2.08. The van der Waals surface area contributed by atoms with Crippen LogP contribution in [-0.2, 0) is 6.54 Å². The molecule has 1 aromatic heterocycles. The number of para-hydroxylation sites is 1. The SMILES string of the molecule is O=C(O)c1ccc(F)c(Cn2cc(Br)c3ccccc32)c1. The van der Waals surface area contributed by atoms with E-state index in [0.717, 1.165) is 15.4 Å². The first-order chi connectivity index (χ1) is 10.1. The second kappa shape index (κ2) is 5.33. The molecule has 106 valence electrons. The first kappa shape index (κ1) is 13.8. The fraction of sp³-hybridized carbons (Fsp3) is 0.0625. The van der Waals surface area contributed by atoms with Crippen molar-refractivity contribution >= 4 is 32.8 Å². The van der Waals surface area contributed by atoms with E-state index in [4.69, 9.17) is 5.11 Å². The fourth-order valence-corrected chi connectivity index (χ4v) is 2.93. The number of hydrogen-bond donors (Lipinski definition) is 1. The van der Waals surface area contributed by atoms with Gasteiger partial charge in [0.25, 0.3) is 0 Å². The lowest BCUT2D eigenvalue weighted by Crippen LogP contribution is -2.04. The van der Waals surface area contributed by atoms with Crippen LogP contribution in [0.2, 0.25) is 0 Å². The average Bonchev–Trinajstić information content (AvgIpc) is 2.78. The number of nitrogens with zero attached hydrogens (tertiary/aromatic N) is 1. The summed E-state index contributed by atoms with van der Waals surface area (Å²) in [5.74, 6) is -1.47. The van der Waals surface area contributed by atoms with Gasteiger partial charge in [-0.2, -0.15) is 0 Å². The Kier molecular flexibility index (Phi) is 3.51. The normalized spacial score (nSPS) is 11.0. The van der Waals surface area contributed by atoms with E-state index in [2.05, 4.69) is 15.9 Å². The molecule has 1 N–H and O–H groups in total. The first-order valence-electron chi connectivity index (χ1n) is 6.31. The molecule has 0 aliphatic heterocycles. The van der Waals surface area contributed by atoms with Gasteiger partial charge in [0.2, 0.25) is 0 Å². The molecule has 0 radical (unpaired) electrons. The van der Waals surface area contributed by atoms with Crippen molar-refractivity contribution in [3.8, 4) is 0 Å². The summed E-state index contributed by atoms with van der Waals surface area (Å²) in [6.45, 7) is 0.277. The summed E-state index contributed by atoms with van der Waals surface area (Å²) in [4.78, 5) is 11.0. The Bertz CT molecular complexity index is 841. The quantitative estimate of drug-likeness (QED) is 0.767. The molecular weight excluding hydrogens is 337 g/mol. The van der Waals surface area contributed by atoms with Gasteiger partial charge < -0.3 is 9.67 Å². The van der Waals surface area contributed by atoms with Crippen molar-refractivity contribution in [1.29, 1.82) is 0 Å². The number of carboxylic acid groups (broad SMARTS) is 1. The molecule has 0 bridgehead atoms. The minimum Gasteiger partial charge on any atom is -0.478 e. The van der Waals surface area contributed by atoms with Crippen molar-refractivity contribution in [2.45, 2.75) is 6.54 Å². The Morgan fingerprint density at radius 1 is 1.24 bits per heavy atom. The van der Waals surface area contributed by atoms with Crippen LogP contribution in [0.3, 0.4) is 0 Å². The third kappa shape index (κ3) is 2.56. The van der Waals surface area contributed by atoms with E-state index >= 15 is 0 Å². The van der Waals surface area contributed by atoms with Crippen LogP contribution in [0.5, 0.6) is 0 Å². The van der Waals surface area contributed by atoms with Gasteiger partial charge in [-0.3, -0.25) is 0 Å². The number of hydrogen-bond acceptors (Lipinski definition) is 1. The number of rotatable bonds is 3. The predicted molar refractivity (Wildman–Crippen MR) is 82.1 cm³/mol. The molecule has 3 nitrogen and oxygen atoms in total. The number of carbonyl (C=O) groups is 1. The molecule has 0 spiro atoms. The molecule has 0 amide bonds. The van der Waals surface area contributed by atoms with E-state index in [1.807, 2.05) is 35.0 Å². The van der Waals surface area contributed by atoms with Crippen molar-refractivity contribution in [1.82, 2.24) is 4.57 Å². The van der Waals surface area contributed by atoms with Gasteiger partial charge in [0.05, 0.1) is 12.1 Å². The third-order valence-corrected chi connectivity index (χ3v) is 4.01. The zero-order valence-electron chi connectivity index (χ0n) is 10.9. The van der Waals surface area contributed by atoms with Gasteiger partial charge in [-0.25, -0.2) is 9.18 Å². The lowest BCUT2D eigenvalue weighted by atomic mass is 10.1. The molecule has 0 atom stereocenters. The molecule has 0 saturated carbocycles. The minimum atomic E-state index is -1.06. The number of aromatic nitrogens is 1. The van der Waals surface area contributed by atoms with E-state index in [1.54, 1.807) is 0 Å². The highest BCUT2D eigenvalue weighted by Crippen LogP contribution is 2.27. The van der Waals surface area contributed by atoms with Crippen LogP contribution in [0.25, 0.3) is 10.9 Å². The molecule has 0 saturated heterocycles. The van der Waals surface area contributed by atoms with Crippen LogP contribution < -0.4 is 0 Å². The maximum atomic E-state index is 13.9. The van der Waals surface area contributed by atoms with Gasteiger partial charge >= 0.3 is 5.97 Å². The van der Waals surface area contributed by atoms with Crippen LogP contribution in [0.1, 0.15) is 15.9 Å². The van der Waals surface area contributed by atoms with E-state index in [9.17, 15) is 9.18 Å². The van der Waals surface area contributed by atoms with E-state index in [-0.39, 0.29) is 12.1 Å². The van der Waals surface area contributed by atoms with Crippen molar-refractivity contribution in [2.24, 2.45) is 0 Å². The highest BCUT2D eigenvalue weighted by molar-refractivity contribution is 9.10. The highest BCUT2D eigenvalue weighted by atomic mass is 79.9. The number of aromatic carboxylic acids is 1. The molecule has 0 aliphatic rings. The summed E-state index contributed by atoms with van der Waals surface area (Å²) >= 11 is 3.48. The second-order valence-electron chi connectivity index (χ2n) is 4.73. The molecule has 0 aliphatic carbocycles. The third-order valence-electron chi connectivity index (χ3n) is 3.37. The Morgan fingerprint density at radius 2 is 2.00 bits per heavy atom. The number of carboxylic acids is 1. The summed E-state index contributed by atoms with van der Waals surface area (Å²) < 4.78 is 16.7. The Labute approximate surface area is 128 Å². The number of benzene rings is 2. The Morgan fingerprint density at radius 3 is 2.76 bits per heavy atom. The van der Waals surface area contributed by atoms with Gasteiger partial charge in [0.15, 0.2) is 0 Å². The van der Waals surface area contributed by atoms with Crippen LogP contribution in [0.4, 0.5) is 4.39 Å². The minimum absolute atomic E-state index is 0.0851. The first-order valence-corrected chi connectivity index (χ1v) is 7.10. The summed E-state index contributed by atoms with van der Waals surface area (Å²) in [5.41, 5.74) is 1.40. The van der Waals surface area contributed by atoms with Gasteiger partial charge in [-0.15, -0.1) is 0 Å². The zero-order valence-corrected chi connectivity index (χ0v) is 12.5. The van der Waals surface area contributed by atoms with Crippen molar-refractivity contribution in [2.75, 3.05) is 0 Å². The topological polar surface area (TPSA) is 42.2 Å². The summed E-state index contributed by atoms with van der Waals surface area (Å²) in [6.07, 6.45) is 1.87. The van der Waals surface area contributed by atoms with E-state index in [0.29, 0.717) is 5.56 Å². The molecule has 0 fully saturated rings. The van der Waals surface area contributed by atoms with Crippen LogP contribution in [-0.4, -0.2) is 15.6 Å². The van der Waals surface area contributed by atoms with Crippen LogP contribution >= 0.6 is 15.9 Å². The van der Waals surface area contributed by atoms with Crippen molar-refractivity contribution in [3.05, 3.63) is 70.1 Å². The van der Waals surface area contributed by atoms with Gasteiger partial charge in [-0.1, -0.05) is 18.2 Å². The monoisotopic (exact) mass is 347 g/mol. The maximum absolute atomic E-state index is 13.9. The smallest absolute Gasteiger partial charge is 0.335 e. The lowest BCUT2D eigenvalue weighted by molar-refractivity contribution is 0.0696. The summed E-state index contributed by atoms with van der Waals surface area (Å²) in [7, 11) is 0. The number of halogens is 2. The Hall–Kier alpha value is -2.14. The summed E-state index contributed by atoms with van der Waals surface area (Å²) in [5, 5.41) is 10.0. The summed E-state index contributed by atoms with van der Waals surface area (Å²) in [6, 6.07) is 11.6. The predicted octanol–water partition coefficient (Wildman–Crippen LogP) is 4.29. The molecule has 3 rings (SSSR count). The zero-order chi connectivity index (χ0) is 15.0. The second-order valence-corrected chi connectivity index (χ2v) is 5.59. The van der Waals surface area contributed by atoms with E-state index in [1.165, 1.54) is 18.2 Å². The molecule has 0 unspecified atom stereocenters. The van der Waals surface area contributed by atoms with E-state index < -0.39 is 11.8 Å². The fourth-order valence-electron chi connectivity index (χ4n) is 2.35. The number of fused-ring (bicyclic) bond motifs is 1. The average molecular weight is 348 g/mol. The van der Waals surface area contributed by atoms with Gasteiger partial charge in [-0.05, 0) is 40.2 Å². The van der Waals surface area contributed by atoms with Crippen LogP contribution in [0, 0.1) is 5.82 Å². The maximum Gasteiger partial charge on any atom is 0.335 e. The molecule has 2 aromatic carbocycles. The standard InChI is InChI=1S/C16H11BrFNO2/c17-13-9-19(15-4-2-1-3-12(13)15)8-11-7-10(16(20)21)5-6-14(11)18/h1-7,9H,8H2,(H,20,21). The highest BCUT2D eigenvalue weighted by Gasteiger charge is 2.11. The van der Waals surface area contributed by atoms with Crippen molar-refractivity contribution in [3.63, 3.8) is 0 Å².